The highest BCUT2D eigenvalue weighted by molar-refractivity contribution is 6.04. The van der Waals surface area contributed by atoms with Gasteiger partial charge in [-0.15, -0.1) is 0 Å². The SMILES string of the molecule is Cc1ccc(Oc2ccc(C(=O)Nc3cccc(C)c3)cc2)cc1. The molecule has 0 aliphatic heterocycles. The normalized spacial score (nSPS) is 10.2. The number of rotatable bonds is 4. The van der Waals surface area contributed by atoms with E-state index >= 15 is 0 Å². The monoisotopic (exact) mass is 317 g/mol. The lowest BCUT2D eigenvalue weighted by molar-refractivity contribution is 0.102. The Morgan fingerprint density at radius 3 is 2.04 bits per heavy atom. The lowest BCUT2D eigenvalue weighted by Gasteiger charge is -2.08. The number of benzene rings is 3. The van der Waals surface area contributed by atoms with Gasteiger partial charge in [-0.3, -0.25) is 4.79 Å². The average molecular weight is 317 g/mol. The van der Waals surface area contributed by atoms with E-state index < -0.39 is 0 Å². The quantitative estimate of drug-likeness (QED) is 0.704. The van der Waals surface area contributed by atoms with Crippen molar-refractivity contribution in [1.82, 2.24) is 0 Å². The zero-order valence-electron chi connectivity index (χ0n) is 13.7. The number of hydrogen-bond acceptors (Lipinski definition) is 2. The zero-order valence-corrected chi connectivity index (χ0v) is 13.7. The van der Waals surface area contributed by atoms with E-state index in [9.17, 15) is 4.79 Å². The van der Waals surface area contributed by atoms with Gasteiger partial charge in [0, 0.05) is 11.3 Å². The molecule has 1 amide bonds. The molecule has 0 spiro atoms. The number of hydrogen-bond donors (Lipinski definition) is 1. The van der Waals surface area contributed by atoms with E-state index in [0.29, 0.717) is 11.3 Å². The molecule has 0 saturated heterocycles. The van der Waals surface area contributed by atoms with E-state index in [-0.39, 0.29) is 5.91 Å². The van der Waals surface area contributed by atoms with E-state index in [4.69, 9.17) is 4.74 Å². The summed E-state index contributed by atoms with van der Waals surface area (Å²) in [6.07, 6.45) is 0. The predicted octanol–water partition coefficient (Wildman–Crippen LogP) is 5.35. The molecule has 3 heteroatoms. The van der Waals surface area contributed by atoms with Crippen molar-refractivity contribution in [3.63, 3.8) is 0 Å². The molecule has 0 radical (unpaired) electrons. The minimum Gasteiger partial charge on any atom is -0.457 e. The summed E-state index contributed by atoms with van der Waals surface area (Å²) in [4.78, 5) is 12.3. The van der Waals surface area contributed by atoms with E-state index in [0.717, 1.165) is 17.0 Å². The largest absolute Gasteiger partial charge is 0.457 e. The van der Waals surface area contributed by atoms with Gasteiger partial charge in [0.25, 0.3) is 5.91 Å². The third kappa shape index (κ3) is 4.02. The van der Waals surface area contributed by atoms with Crippen LogP contribution in [0.1, 0.15) is 21.5 Å². The van der Waals surface area contributed by atoms with Gasteiger partial charge in [-0.05, 0) is 67.9 Å². The van der Waals surface area contributed by atoms with Crippen molar-refractivity contribution in [2.75, 3.05) is 5.32 Å². The van der Waals surface area contributed by atoms with Gasteiger partial charge in [-0.1, -0.05) is 29.8 Å². The molecule has 1 N–H and O–H groups in total. The fraction of sp³-hybridized carbons (Fsp3) is 0.0952. The second kappa shape index (κ2) is 7.01. The predicted molar refractivity (Wildman–Crippen MR) is 96.8 cm³/mol. The van der Waals surface area contributed by atoms with Crippen LogP contribution in [0.2, 0.25) is 0 Å². The molecule has 3 rings (SSSR count). The summed E-state index contributed by atoms with van der Waals surface area (Å²) in [6, 6.07) is 22.7. The Labute approximate surface area is 141 Å². The van der Waals surface area contributed by atoms with Gasteiger partial charge in [0.15, 0.2) is 0 Å². The van der Waals surface area contributed by atoms with Gasteiger partial charge in [-0.2, -0.15) is 0 Å². The van der Waals surface area contributed by atoms with Gasteiger partial charge in [-0.25, -0.2) is 0 Å². The fourth-order valence-corrected chi connectivity index (χ4v) is 2.34. The molecule has 0 bridgehead atoms. The minimum absolute atomic E-state index is 0.137. The highest BCUT2D eigenvalue weighted by Gasteiger charge is 2.07. The molecular formula is C21H19NO2. The van der Waals surface area contributed by atoms with Crippen LogP contribution in [-0.2, 0) is 0 Å². The van der Waals surface area contributed by atoms with Gasteiger partial charge in [0.05, 0.1) is 0 Å². The molecule has 0 aliphatic carbocycles. The minimum atomic E-state index is -0.137. The molecule has 3 aromatic rings. The summed E-state index contributed by atoms with van der Waals surface area (Å²) in [7, 11) is 0. The average Bonchev–Trinajstić information content (AvgIpc) is 2.57. The molecule has 0 atom stereocenters. The molecule has 0 aliphatic rings. The van der Waals surface area contributed by atoms with Crippen molar-refractivity contribution >= 4 is 11.6 Å². The third-order valence-corrected chi connectivity index (χ3v) is 3.65. The van der Waals surface area contributed by atoms with E-state index in [1.807, 2.05) is 62.4 Å². The Morgan fingerprint density at radius 1 is 0.792 bits per heavy atom. The van der Waals surface area contributed by atoms with Crippen molar-refractivity contribution < 1.29 is 9.53 Å². The first-order chi connectivity index (χ1) is 11.6. The van der Waals surface area contributed by atoms with Crippen LogP contribution >= 0.6 is 0 Å². The second-order valence-electron chi connectivity index (χ2n) is 5.76. The van der Waals surface area contributed by atoms with Crippen molar-refractivity contribution in [2.45, 2.75) is 13.8 Å². The summed E-state index contributed by atoms with van der Waals surface area (Å²) < 4.78 is 5.77. The van der Waals surface area contributed by atoms with Crippen LogP contribution in [0.25, 0.3) is 0 Å². The van der Waals surface area contributed by atoms with Crippen molar-refractivity contribution in [3.05, 3.63) is 89.5 Å². The van der Waals surface area contributed by atoms with Crippen LogP contribution in [0.5, 0.6) is 11.5 Å². The Morgan fingerprint density at radius 2 is 1.42 bits per heavy atom. The molecule has 24 heavy (non-hydrogen) atoms. The van der Waals surface area contributed by atoms with Crippen LogP contribution in [0.4, 0.5) is 5.69 Å². The maximum absolute atomic E-state index is 12.3. The summed E-state index contributed by atoms with van der Waals surface area (Å²) in [5.74, 6) is 1.34. The maximum Gasteiger partial charge on any atom is 0.255 e. The third-order valence-electron chi connectivity index (χ3n) is 3.65. The highest BCUT2D eigenvalue weighted by atomic mass is 16.5. The fourth-order valence-electron chi connectivity index (χ4n) is 2.34. The Balaban J connectivity index is 1.67. The van der Waals surface area contributed by atoms with Crippen molar-refractivity contribution in [3.8, 4) is 11.5 Å². The second-order valence-corrected chi connectivity index (χ2v) is 5.76. The number of carbonyl (C=O) groups is 1. The maximum atomic E-state index is 12.3. The topological polar surface area (TPSA) is 38.3 Å². The number of amides is 1. The summed E-state index contributed by atoms with van der Waals surface area (Å²) in [6.45, 7) is 4.03. The number of carbonyl (C=O) groups excluding carboxylic acids is 1. The molecule has 0 saturated carbocycles. The molecule has 0 unspecified atom stereocenters. The van der Waals surface area contributed by atoms with Gasteiger partial charge >= 0.3 is 0 Å². The molecule has 0 aromatic heterocycles. The van der Waals surface area contributed by atoms with Crippen LogP contribution in [0, 0.1) is 13.8 Å². The zero-order chi connectivity index (χ0) is 16.9. The molecule has 3 nitrogen and oxygen atoms in total. The lowest BCUT2D eigenvalue weighted by atomic mass is 10.2. The first kappa shape index (κ1) is 15.8. The van der Waals surface area contributed by atoms with E-state index in [2.05, 4.69) is 5.32 Å². The van der Waals surface area contributed by atoms with Gasteiger partial charge in [0.1, 0.15) is 11.5 Å². The van der Waals surface area contributed by atoms with Gasteiger partial charge in [0.2, 0.25) is 0 Å². The van der Waals surface area contributed by atoms with E-state index in [1.165, 1.54) is 5.56 Å². The van der Waals surface area contributed by atoms with E-state index in [1.54, 1.807) is 24.3 Å². The van der Waals surface area contributed by atoms with Crippen LogP contribution in [0.3, 0.4) is 0 Å². The molecule has 3 aromatic carbocycles. The highest BCUT2D eigenvalue weighted by Crippen LogP contribution is 2.22. The van der Waals surface area contributed by atoms with Crippen LogP contribution in [-0.4, -0.2) is 5.91 Å². The lowest BCUT2D eigenvalue weighted by Crippen LogP contribution is -2.11. The number of nitrogens with one attached hydrogen (secondary N) is 1. The molecule has 0 fully saturated rings. The van der Waals surface area contributed by atoms with Crippen molar-refractivity contribution in [1.29, 1.82) is 0 Å². The first-order valence-electron chi connectivity index (χ1n) is 7.83. The Bertz CT molecular complexity index is 836. The summed E-state index contributed by atoms with van der Waals surface area (Å²) in [5, 5.41) is 2.89. The summed E-state index contributed by atoms with van der Waals surface area (Å²) in [5.41, 5.74) is 3.67. The van der Waals surface area contributed by atoms with Crippen molar-refractivity contribution in [2.24, 2.45) is 0 Å². The van der Waals surface area contributed by atoms with Gasteiger partial charge < -0.3 is 10.1 Å². The summed E-state index contributed by atoms with van der Waals surface area (Å²) >= 11 is 0. The number of aryl methyl sites for hydroxylation is 2. The smallest absolute Gasteiger partial charge is 0.255 e. The van der Waals surface area contributed by atoms with Crippen LogP contribution < -0.4 is 10.1 Å². The van der Waals surface area contributed by atoms with Crippen LogP contribution in [0.15, 0.2) is 72.8 Å². The number of ether oxygens (including phenoxy) is 1. The molecule has 0 heterocycles. The Kier molecular flexibility index (Phi) is 4.62. The Hall–Kier alpha value is -3.07. The standard InChI is InChI=1S/C21H19NO2/c1-15-6-10-19(11-7-15)24-20-12-8-17(9-13-20)21(23)22-18-5-3-4-16(2)14-18/h3-14H,1-2H3,(H,22,23). The number of anilines is 1. The molecule has 120 valence electrons. The first-order valence-corrected chi connectivity index (χ1v) is 7.83. The molecular weight excluding hydrogens is 298 g/mol.